The van der Waals surface area contributed by atoms with Crippen molar-refractivity contribution in [3.05, 3.63) is 29.8 Å². The lowest BCUT2D eigenvalue weighted by molar-refractivity contribution is 0.0677. The van der Waals surface area contributed by atoms with Gasteiger partial charge in [-0.3, -0.25) is 0 Å². The first-order chi connectivity index (χ1) is 8.54. The number of benzene rings is 1. The average molecular weight is 248 g/mol. The molecule has 0 aromatic heterocycles. The van der Waals surface area contributed by atoms with Crippen molar-refractivity contribution in [1.82, 2.24) is 4.90 Å². The fraction of sp³-hybridized carbons (Fsp3) is 0.500. The molecular formula is C14H20N2O2. The highest BCUT2D eigenvalue weighted by Gasteiger charge is 2.12. The molecule has 0 saturated carbocycles. The molecule has 0 saturated heterocycles. The molecule has 1 atom stereocenters. The highest BCUT2D eigenvalue weighted by Crippen LogP contribution is 2.16. The van der Waals surface area contributed by atoms with Crippen LogP contribution in [0.15, 0.2) is 24.3 Å². The van der Waals surface area contributed by atoms with E-state index in [0.29, 0.717) is 23.9 Å². The van der Waals surface area contributed by atoms with Gasteiger partial charge in [-0.15, -0.1) is 0 Å². The van der Waals surface area contributed by atoms with Gasteiger partial charge >= 0.3 is 0 Å². The van der Waals surface area contributed by atoms with Crippen LogP contribution in [0.25, 0.3) is 0 Å². The molecule has 0 aliphatic carbocycles. The number of nitrogens with zero attached hydrogens (tertiary/aromatic N) is 2. The summed E-state index contributed by atoms with van der Waals surface area (Å²) in [6.07, 6.45) is -0.566. The van der Waals surface area contributed by atoms with Crippen LogP contribution in [0.3, 0.4) is 0 Å². The summed E-state index contributed by atoms with van der Waals surface area (Å²) in [5.74, 6) is 0.520. The number of rotatable bonds is 6. The van der Waals surface area contributed by atoms with E-state index in [2.05, 4.69) is 19.9 Å². The maximum absolute atomic E-state index is 9.84. The van der Waals surface area contributed by atoms with E-state index in [4.69, 9.17) is 10.00 Å². The summed E-state index contributed by atoms with van der Waals surface area (Å²) in [6, 6.07) is 9.47. The molecule has 1 aromatic carbocycles. The van der Waals surface area contributed by atoms with E-state index in [-0.39, 0.29) is 6.61 Å². The Balaban J connectivity index is 2.48. The molecule has 1 N–H and O–H groups in total. The first kappa shape index (κ1) is 14.5. The predicted octanol–water partition coefficient (Wildman–Crippen LogP) is 1.64. The molecule has 0 bridgehead atoms. The summed E-state index contributed by atoms with van der Waals surface area (Å²) in [5, 5.41) is 18.7. The van der Waals surface area contributed by atoms with E-state index in [1.54, 1.807) is 18.2 Å². The van der Waals surface area contributed by atoms with Crippen LogP contribution < -0.4 is 4.74 Å². The third-order valence-corrected chi connectivity index (χ3v) is 2.82. The predicted molar refractivity (Wildman–Crippen MR) is 70.4 cm³/mol. The molecule has 18 heavy (non-hydrogen) atoms. The fourth-order valence-corrected chi connectivity index (χ4v) is 1.47. The van der Waals surface area contributed by atoms with Gasteiger partial charge in [0, 0.05) is 12.6 Å². The van der Waals surface area contributed by atoms with Crippen molar-refractivity contribution >= 4 is 0 Å². The Labute approximate surface area is 108 Å². The number of para-hydroxylation sites is 1. The van der Waals surface area contributed by atoms with Gasteiger partial charge < -0.3 is 14.7 Å². The Hall–Kier alpha value is -1.57. The van der Waals surface area contributed by atoms with Gasteiger partial charge in [-0.25, -0.2) is 0 Å². The first-order valence-electron chi connectivity index (χ1n) is 6.04. The van der Waals surface area contributed by atoms with E-state index < -0.39 is 6.10 Å². The van der Waals surface area contributed by atoms with Crippen LogP contribution in [0.1, 0.15) is 19.4 Å². The normalized spacial score (nSPS) is 12.5. The van der Waals surface area contributed by atoms with Crippen molar-refractivity contribution in [3.8, 4) is 11.8 Å². The summed E-state index contributed by atoms with van der Waals surface area (Å²) < 4.78 is 5.47. The first-order valence-corrected chi connectivity index (χ1v) is 6.04. The quantitative estimate of drug-likeness (QED) is 0.831. The third kappa shape index (κ3) is 4.36. The molecule has 1 aromatic rings. The molecule has 98 valence electrons. The number of ether oxygens (including phenoxy) is 1. The Morgan fingerprint density at radius 1 is 1.39 bits per heavy atom. The van der Waals surface area contributed by atoms with E-state index in [1.165, 1.54) is 0 Å². The highest BCUT2D eigenvalue weighted by atomic mass is 16.5. The highest BCUT2D eigenvalue weighted by molar-refractivity contribution is 5.42. The molecule has 1 rings (SSSR count). The van der Waals surface area contributed by atoms with Gasteiger partial charge in [-0.05, 0) is 33.0 Å². The monoisotopic (exact) mass is 248 g/mol. The lowest BCUT2D eigenvalue weighted by atomic mass is 10.2. The van der Waals surface area contributed by atoms with Crippen molar-refractivity contribution in [2.24, 2.45) is 0 Å². The number of aliphatic hydroxyl groups excluding tert-OH is 1. The van der Waals surface area contributed by atoms with Crippen molar-refractivity contribution in [2.75, 3.05) is 20.2 Å². The van der Waals surface area contributed by atoms with Gasteiger partial charge in [0.2, 0.25) is 0 Å². The minimum absolute atomic E-state index is 0.190. The second-order valence-electron chi connectivity index (χ2n) is 4.61. The second kappa shape index (κ2) is 7.00. The minimum Gasteiger partial charge on any atom is -0.489 e. The van der Waals surface area contributed by atoms with Gasteiger partial charge in [-0.2, -0.15) is 5.26 Å². The lowest BCUT2D eigenvalue weighted by Crippen LogP contribution is -2.37. The summed E-state index contributed by atoms with van der Waals surface area (Å²) in [6.45, 7) is 4.87. The average Bonchev–Trinajstić information content (AvgIpc) is 2.36. The standard InChI is InChI=1S/C14H20N2O2/c1-11(2)16(3)9-13(17)10-18-14-7-5-4-6-12(14)8-15/h4-7,11,13,17H,9-10H2,1-3H3. The number of hydrogen-bond acceptors (Lipinski definition) is 4. The van der Waals surface area contributed by atoms with Crippen LogP contribution in [0.5, 0.6) is 5.75 Å². The van der Waals surface area contributed by atoms with Crippen LogP contribution in [0, 0.1) is 11.3 Å². The summed E-state index contributed by atoms with van der Waals surface area (Å²) in [7, 11) is 1.96. The van der Waals surface area contributed by atoms with Gasteiger partial charge in [-0.1, -0.05) is 12.1 Å². The maximum Gasteiger partial charge on any atom is 0.137 e. The third-order valence-electron chi connectivity index (χ3n) is 2.82. The second-order valence-corrected chi connectivity index (χ2v) is 4.61. The van der Waals surface area contributed by atoms with Crippen LogP contribution in [-0.4, -0.2) is 42.4 Å². The van der Waals surface area contributed by atoms with Crippen LogP contribution in [-0.2, 0) is 0 Å². The fourth-order valence-electron chi connectivity index (χ4n) is 1.47. The zero-order valence-electron chi connectivity index (χ0n) is 11.1. The summed E-state index contributed by atoms with van der Waals surface area (Å²) in [5.41, 5.74) is 0.488. The lowest BCUT2D eigenvalue weighted by Gasteiger charge is -2.24. The molecule has 0 spiro atoms. The number of aliphatic hydroxyl groups is 1. The van der Waals surface area contributed by atoms with Crippen molar-refractivity contribution in [3.63, 3.8) is 0 Å². The van der Waals surface area contributed by atoms with Crippen LogP contribution in [0.4, 0.5) is 0 Å². The minimum atomic E-state index is -0.566. The number of likely N-dealkylation sites (N-methyl/N-ethyl adjacent to an activating group) is 1. The SMILES string of the molecule is CC(C)N(C)CC(O)COc1ccccc1C#N. The Morgan fingerprint density at radius 2 is 2.06 bits per heavy atom. The number of nitriles is 1. The zero-order chi connectivity index (χ0) is 13.5. The molecular weight excluding hydrogens is 228 g/mol. The van der Waals surface area contributed by atoms with Crippen molar-refractivity contribution in [2.45, 2.75) is 26.0 Å². The van der Waals surface area contributed by atoms with Crippen molar-refractivity contribution < 1.29 is 9.84 Å². The largest absolute Gasteiger partial charge is 0.489 e. The van der Waals surface area contributed by atoms with Gasteiger partial charge in [0.1, 0.15) is 24.5 Å². The molecule has 0 fully saturated rings. The molecule has 0 aliphatic rings. The van der Waals surface area contributed by atoms with Gasteiger partial charge in [0.05, 0.1) is 5.56 Å². The van der Waals surface area contributed by atoms with E-state index in [1.807, 2.05) is 18.0 Å². The Bertz CT molecular complexity index is 413. The van der Waals surface area contributed by atoms with E-state index >= 15 is 0 Å². The summed E-state index contributed by atoms with van der Waals surface area (Å²) >= 11 is 0. The van der Waals surface area contributed by atoms with E-state index in [9.17, 15) is 5.11 Å². The smallest absolute Gasteiger partial charge is 0.137 e. The van der Waals surface area contributed by atoms with E-state index in [0.717, 1.165) is 0 Å². The molecule has 0 amide bonds. The van der Waals surface area contributed by atoms with Crippen molar-refractivity contribution in [1.29, 1.82) is 5.26 Å². The van der Waals surface area contributed by atoms with Crippen LogP contribution >= 0.6 is 0 Å². The van der Waals surface area contributed by atoms with Gasteiger partial charge in [0.25, 0.3) is 0 Å². The van der Waals surface area contributed by atoms with Gasteiger partial charge in [0.15, 0.2) is 0 Å². The molecule has 1 unspecified atom stereocenters. The molecule has 4 nitrogen and oxygen atoms in total. The molecule has 4 heteroatoms. The summed E-state index contributed by atoms with van der Waals surface area (Å²) in [4.78, 5) is 2.05. The van der Waals surface area contributed by atoms with Crippen LogP contribution in [0.2, 0.25) is 0 Å². The number of hydrogen-bond donors (Lipinski definition) is 1. The Morgan fingerprint density at radius 3 is 2.67 bits per heavy atom. The molecule has 0 aliphatic heterocycles. The molecule has 0 heterocycles. The topological polar surface area (TPSA) is 56.5 Å². The molecule has 0 radical (unpaired) electrons. The zero-order valence-corrected chi connectivity index (χ0v) is 11.1. The maximum atomic E-state index is 9.84. The Kier molecular flexibility index (Phi) is 5.63.